The molecular formula is C15H29N3. The predicted molar refractivity (Wildman–Crippen MR) is 75.6 cm³/mol. The second-order valence-electron chi connectivity index (χ2n) is 6.65. The van der Waals surface area contributed by atoms with Crippen molar-refractivity contribution in [2.24, 2.45) is 5.73 Å². The Hall–Kier alpha value is -0.120. The maximum Gasteiger partial charge on any atom is 0.0498 e. The third-order valence-electron chi connectivity index (χ3n) is 5.99. The first-order chi connectivity index (χ1) is 8.78. The Bertz CT molecular complexity index is 287. The lowest BCUT2D eigenvalue weighted by atomic mass is 9.83. The van der Waals surface area contributed by atoms with Crippen molar-refractivity contribution < 1.29 is 0 Å². The van der Waals surface area contributed by atoms with Gasteiger partial charge >= 0.3 is 0 Å². The molecule has 3 heteroatoms. The van der Waals surface area contributed by atoms with Crippen molar-refractivity contribution in [1.29, 1.82) is 0 Å². The fourth-order valence-corrected chi connectivity index (χ4v) is 4.82. The molecule has 0 aromatic rings. The highest BCUT2D eigenvalue weighted by Crippen LogP contribution is 2.41. The van der Waals surface area contributed by atoms with Gasteiger partial charge in [0.05, 0.1) is 0 Å². The largest absolute Gasteiger partial charge is 0.329 e. The summed E-state index contributed by atoms with van der Waals surface area (Å²) in [6.07, 6.45) is 11.1. The zero-order valence-electron chi connectivity index (χ0n) is 11.9. The molecule has 3 rings (SSSR count). The molecule has 0 amide bonds. The Morgan fingerprint density at radius 2 is 1.83 bits per heavy atom. The quantitative estimate of drug-likeness (QED) is 0.830. The Morgan fingerprint density at radius 1 is 1.11 bits per heavy atom. The number of rotatable bonds is 3. The first-order valence-electron chi connectivity index (χ1n) is 7.95. The molecule has 2 N–H and O–H groups in total. The van der Waals surface area contributed by atoms with Crippen molar-refractivity contribution in [3.63, 3.8) is 0 Å². The lowest BCUT2D eigenvalue weighted by Gasteiger charge is -2.48. The summed E-state index contributed by atoms with van der Waals surface area (Å²) in [6.45, 7) is 3.44. The monoisotopic (exact) mass is 251 g/mol. The van der Waals surface area contributed by atoms with E-state index in [0.717, 1.165) is 18.6 Å². The van der Waals surface area contributed by atoms with E-state index in [1.54, 1.807) is 0 Å². The molecule has 3 aliphatic rings. The molecule has 0 radical (unpaired) electrons. The third-order valence-corrected chi connectivity index (χ3v) is 5.99. The van der Waals surface area contributed by atoms with E-state index in [1.165, 1.54) is 64.5 Å². The van der Waals surface area contributed by atoms with Gasteiger partial charge in [-0.05, 0) is 45.7 Å². The molecule has 2 unspecified atom stereocenters. The lowest BCUT2D eigenvalue weighted by molar-refractivity contribution is 0.0284. The van der Waals surface area contributed by atoms with E-state index in [9.17, 15) is 0 Å². The standard InChI is InChI=1S/C15H29N3/c1-17(13-6-2-3-7-13)15(12-16)9-11-18-10-5-4-8-14(15)18/h13-14H,2-12,16H2,1H3. The molecule has 2 saturated heterocycles. The van der Waals surface area contributed by atoms with Crippen LogP contribution in [0.25, 0.3) is 0 Å². The van der Waals surface area contributed by atoms with Crippen molar-refractivity contribution in [2.75, 3.05) is 26.7 Å². The van der Waals surface area contributed by atoms with Gasteiger partial charge in [0.2, 0.25) is 0 Å². The number of nitrogens with zero attached hydrogens (tertiary/aromatic N) is 2. The Balaban J connectivity index is 1.80. The molecule has 1 saturated carbocycles. The zero-order chi connectivity index (χ0) is 12.6. The second kappa shape index (κ2) is 5.10. The summed E-state index contributed by atoms with van der Waals surface area (Å²) in [4.78, 5) is 5.43. The van der Waals surface area contributed by atoms with Crippen molar-refractivity contribution in [3.05, 3.63) is 0 Å². The van der Waals surface area contributed by atoms with Crippen molar-refractivity contribution in [2.45, 2.75) is 69.0 Å². The van der Waals surface area contributed by atoms with E-state index in [4.69, 9.17) is 5.73 Å². The first-order valence-corrected chi connectivity index (χ1v) is 7.95. The van der Waals surface area contributed by atoms with Crippen LogP contribution in [0, 0.1) is 0 Å². The Kier molecular flexibility index (Phi) is 3.65. The fourth-order valence-electron chi connectivity index (χ4n) is 4.82. The van der Waals surface area contributed by atoms with Crippen LogP contribution in [0.5, 0.6) is 0 Å². The van der Waals surface area contributed by atoms with E-state index in [-0.39, 0.29) is 5.54 Å². The molecule has 2 aliphatic heterocycles. The molecule has 0 bridgehead atoms. The highest BCUT2D eigenvalue weighted by molar-refractivity contribution is 5.09. The van der Waals surface area contributed by atoms with Crippen molar-refractivity contribution in [3.8, 4) is 0 Å². The summed E-state index contributed by atoms with van der Waals surface area (Å²) in [5, 5.41) is 0. The van der Waals surface area contributed by atoms with Crippen LogP contribution in [0.4, 0.5) is 0 Å². The van der Waals surface area contributed by atoms with Gasteiger partial charge in [-0.15, -0.1) is 0 Å². The van der Waals surface area contributed by atoms with Gasteiger partial charge in [0, 0.05) is 30.7 Å². The second-order valence-corrected chi connectivity index (χ2v) is 6.65. The van der Waals surface area contributed by atoms with Crippen LogP contribution < -0.4 is 5.73 Å². The number of likely N-dealkylation sites (N-methyl/N-ethyl adjacent to an activating group) is 1. The summed E-state index contributed by atoms with van der Waals surface area (Å²) < 4.78 is 0. The van der Waals surface area contributed by atoms with Crippen LogP contribution in [-0.4, -0.2) is 54.1 Å². The number of nitrogens with two attached hydrogens (primary N) is 1. The van der Waals surface area contributed by atoms with Crippen LogP contribution in [0.2, 0.25) is 0 Å². The van der Waals surface area contributed by atoms with Crippen LogP contribution >= 0.6 is 0 Å². The third kappa shape index (κ3) is 1.91. The average molecular weight is 251 g/mol. The van der Waals surface area contributed by atoms with E-state index in [1.807, 2.05) is 0 Å². The minimum atomic E-state index is 0.287. The molecule has 0 aromatic carbocycles. The number of hydrogen-bond donors (Lipinski definition) is 1. The zero-order valence-corrected chi connectivity index (χ0v) is 11.9. The number of piperidine rings is 1. The van der Waals surface area contributed by atoms with E-state index < -0.39 is 0 Å². The highest BCUT2D eigenvalue weighted by Gasteiger charge is 2.51. The maximum atomic E-state index is 6.28. The average Bonchev–Trinajstić information content (AvgIpc) is 3.06. The number of fused-ring (bicyclic) bond motifs is 1. The summed E-state index contributed by atoms with van der Waals surface area (Å²) in [5.41, 5.74) is 6.56. The van der Waals surface area contributed by atoms with Crippen LogP contribution in [0.3, 0.4) is 0 Å². The molecule has 0 aromatic heterocycles. The van der Waals surface area contributed by atoms with Gasteiger partial charge < -0.3 is 5.73 Å². The van der Waals surface area contributed by atoms with Crippen LogP contribution in [0.15, 0.2) is 0 Å². The molecule has 3 nitrogen and oxygen atoms in total. The minimum Gasteiger partial charge on any atom is -0.329 e. The smallest absolute Gasteiger partial charge is 0.0498 e. The van der Waals surface area contributed by atoms with Gasteiger partial charge in [0.15, 0.2) is 0 Å². The molecular weight excluding hydrogens is 222 g/mol. The van der Waals surface area contributed by atoms with E-state index in [0.29, 0.717) is 0 Å². The molecule has 1 aliphatic carbocycles. The molecule has 104 valence electrons. The summed E-state index contributed by atoms with van der Waals surface area (Å²) in [7, 11) is 2.36. The fraction of sp³-hybridized carbons (Fsp3) is 1.00. The summed E-state index contributed by atoms with van der Waals surface area (Å²) in [5.74, 6) is 0. The molecule has 0 spiro atoms. The van der Waals surface area contributed by atoms with Crippen molar-refractivity contribution >= 4 is 0 Å². The van der Waals surface area contributed by atoms with E-state index in [2.05, 4.69) is 16.8 Å². The molecule has 18 heavy (non-hydrogen) atoms. The van der Waals surface area contributed by atoms with Gasteiger partial charge in [-0.1, -0.05) is 19.3 Å². The SMILES string of the molecule is CN(C1CCCC1)C1(CN)CCN2CCCCC21. The minimum absolute atomic E-state index is 0.287. The van der Waals surface area contributed by atoms with Gasteiger partial charge in [-0.2, -0.15) is 0 Å². The van der Waals surface area contributed by atoms with Crippen LogP contribution in [0.1, 0.15) is 51.4 Å². The first kappa shape index (κ1) is 12.9. The van der Waals surface area contributed by atoms with Gasteiger partial charge in [0.1, 0.15) is 0 Å². The molecule has 2 heterocycles. The van der Waals surface area contributed by atoms with Gasteiger partial charge in [-0.25, -0.2) is 0 Å². The van der Waals surface area contributed by atoms with Crippen LogP contribution in [-0.2, 0) is 0 Å². The Morgan fingerprint density at radius 3 is 2.56 bits per heavy atom. The lowest BCUT2D eigenvalue weighted by Crippen LogP contribution is -2.62. The number of hydrogen-bond acceptors (Lipinski definition) is 3. The van der Waals surface area contributed by atoms with E-state index >= 15 is 0 Å². The molecule has 2 atom stereocenters. The summed E-state index contributed by atoms with van der Waals surface area (Å²) in [6, 6.07) is 1.54. The van der Waals surface area contributed by atoms with Gasteiger partial charge in [0.25, 0.3) is 0 Å². The maximum absolute atomic E-state index is 6.28. The predicted octanol–water partition coefficient (Wildman–Crippen LogP) is 1.82. The molecule has 3 fully saturated rings. The highest BCUT2D eigenvalue weighted by atomic mass is 15.3. The Labute approximate surface area is 112 Å². The normalized spacial score (nSPS) is 38.5. The topological polar surface area (TPSA) is 32.5 Å². The summed E-state index contributed by atoms with van der Waals surface area (Å²) >= 11 is 0. The van der Waals surface area contributed by atoms with Gasteiger partial charge in [-0.3, -0.25) is 9.80 Å². The van der Waals surface area contributed by atoms with Crippen molar-refractivity contribution in [1.82, 2.24) is 9.80 Å².